The van der Waals surface area contributed by atoms with Gasteiger partial charge in [0.25, 0.3) is 0 Å². The van der Waals surface area contributed by atoms with Crippen LogP contribution in [0, 0.1) is 0 Å². The molecule has 0 aliphatic rings. The first-order valence-corrected chi connectivity index (χ1v) is 5.83. The molecular weight excluding hydrogens is 234 g/mol. The van der Waals surface area contributed by atoms with Crippen molar-refractivity contribution in [3.63, 3.8) is 0 Å². The van der Waals surface area contributed by atoms with Crippen LogP contribution in [0.15, 0.2) is 30.3 Å². The zero-order valence-electron chi connectivity index (χ0n) is 10.2. The number of carbonyl (C=O) groups is 2. The number of Topliss-reactive ketones (excluding diaryl/α,β-unsaturated/α-hetero) is 1. The molecule has 18 heavy (non-hydrogen) atoms. The zero-order valence-corrected chi connectivity index (χ0v) is 10.2. The Hall–Kier alpha value is -1.72. The lowest BCUT2D eigenvalue weighted by molar-refractivity contribution is -0.688. The van der Waals surface area contributed by atoms with Crippen LogP contribution in [0.25, 0.3) is 0 Å². The molecule has 5 nitrogen and oxygen atoms in total. The van der Waals surface area contributed by atoms with Crippen LogP contribution in [-0.2, 0) is 4.79 Å². The molecule has 1 rings (SSSR count). The summed E-state index contributed by atoms with van der Waals surface area (Å²) in [5, 5.41) is 21.3. The Morgan fingerprint density at radius 2 is 1.94 bits per heavy atom. The second-order valence-electron chi connectivity index (χ2n) is 4.15. The van der Waals surface area contributed by atoms with Gasteiger partial charge in [0.1, 0.15) is 12.1 Å². The van der Waals surface area contributed by atoms with Crippen LogP contribution >= 0.6 is 0 Å². The van der Waals surface area contributed by atoms with E-state index in [0.717, 1.165) is 0 Å². The van der Waals surface area contributed by atoms with Crippen LogP contribution < -0.4 is 10.4 Å². The van der Waals surface area contributed by atoms with Gasteiger partial charge in [0.05, 0.1) is 13.0 Å². The van der Waals surface area contributed by atoms with Crippen molar-refractivity contribution in [3.05, 3.63) is 35.9 Å². The molecule has 0 saturated carbocycles. The number of hydrogen-bond donors (Lipinski definition) is 2. The summed E-state index contributed by atoms with van der Waals surface area (Å²) in [4.78, 5) is 22.4. The van der Waals surface area contributed by atoms with E-state index in [1.165, 1.54) is 12.2 Å². The number of quaternary nitrogens is 1. The molecule has 1 aromatic rings. The van der Waals surface area contributed by atoms with Crippen molar-refractivity contribution in [1.29, 1.82) is 0 Å². The maximum absolute atomic E-state index is 11.7. The predicted octanol–water partition coefficient (Wildman–Crippen LogP) is -1.68. The Kier molecular flexibility index (Phi) is 5.48. The summed E-state index contributed by atoms with van der Waals surface area (Å²) in [6, 6.07) is 7.77. The lowest BCUT2D eigenvalue weighted by atomic mass is 10.1. The minimum absolute atomic E-state index is 0.0467. The molecule has 0 radical (unpaired) electrons. The summed E-state index contributed by atoms with van der Waals surface area (Å²) >= 11 is 0. The molecule has 3 N–H and O–H groups in total. The molecular formula is C13H17NO4. The summed E-state index contributed by atoms with van der Waals surface area (Å²) in [5.74, 6) is -1.37. The van der Waals surface area contributed by atoms with Crippen LogP contribution in [0.1, 0.15) is 23.7 Å². The van der Waals surface area contributed by atoms with Crippen molar-refractivity contribution in [2.75, 3.05) is 6.54 Å². The number of ketones is 1. The van der Waals surface area contributed by atoms with Crippen molar-refractivity contribution in [2.24, 2.45) is 0 Å². The number of nitrogens with two attached hydrogens (primary N) is 1. The average Bonchev–Trinajstić information content (AvgIpc) is 2.34. The van der Waals surface area contributed by atoms with Gasteiger partial charge >= 0.3 is 0 Å². The Labute approximate surface area is 105 Å². The van der Waals surface area contributed by atoms with Gasteiger partial charge in [-0.25, -0.2) is 0 Å². The molecule has 0 heterocycles. The maximum atomic E-state index is 11.7. The molecule has 98 valence electrons. The molecule has 0 fully saturated rings. The van der Waals surface area contributed by atoms with Gasteiger partial charge in [0.2, 0.25) is 0 Å². The van der Waals surface area contributed by atoms with Crippen molar-refractivity contribution in [3.8, 4) is 0 Å². The van der Waals surface area contributed by atoms with Gasteiger partial charge in [-0.05, 0) is 6.92 Å². The van der Waals surface area contributed by atoms with Crippen molar-refractivity contribution >= 4 is 11.8 Å². The van der Waals surface area contributed by atoms with E-state index in [1.54, 1.807) is 24.3 Å². The number of hydrogen-bond acceptors (Lipinski definition) is 4. The van der Waals surface area contributed by atoms with E-state index < -0.39 is 18.1 Å². The van der Waals surface area contributed by atoms with Crippen LogP contribution in [0.3, 0.4) is 0 Å². The number of aliphatic hydroxyl groups is 1. The van der Waals surface area contributed by atoms with Crippen molar-refractivity contribution in [2.45, 2.75) is 25.5 Å². The first-order valence-electron chi connectivity index (χ1n) is 5.83. The lowest BCUT2D eigenvalue weighted by Crippen LogP contribution is -2.95. The highest BCUT2D eigenvalue weighted by molar-refractivity contribution is 5.96. The molecule has 0 saturated heterocycles. The number of carboxylic acid groups (broad SMARTS) is 1. The third-order valence-corrected chi connectivity index (χ3v) is 2.68. The van der Waals surface area contributed by atoms with Gasteiger partial charge < -0.3 is 20.3 Å². The van der Waals surface area contributed by atoms with Crippen LogP contribution in [0.5, 0.6) is 0 Å². The van der Waals surface area contributed by atoms with Crippen LogP contribution in [-0.4, -0.2) is 35.5 Å². The second kappa shape index (κ2) is 6.88. The Morgan fingerprint density at radius 3 is 2.44 bits per heavy atom. The molecule has 0 aliphatic carbocycles. The molecule has 2 atom stereocenters. The molecule has 0 amide bonds. The first-order chi connectivity index (χ1) is 8.52. The lowest BCUT2D eigenvalue weighted by Gasteiger charge is -2.18. The largest absolute Gasteiger partial charge is 0.544 e. The minimum atomic E-state index is -1.32. The number of aliphatic hydroxyl groups excluding tert-OH is 1. The smallest absolute Gasteiger partial charge is 0.168 e. The fourth-order valence-electron chi connectivity index (χ4n) is 1.65. The Bertz CT molecular complexity index is 403. The summed E-state index contributed by atoms with van der Waals surface area (Å²) in [6.07, 6.45) is -0.789. The highest BCUT2D eigenvalue weighted by atomic mass is 16.4. The van der Waals surface area contributed by atoms with Crippen LogP contribution in [0.2, 0.25) is 0 Å². The Morgan fingerprint density at radius 1 is 1.33 bits per heavy atom. The van der Waals surface area contributed by atoms with Gasteiger partial charge in [-0.2, -0.15) is 0 Å². The SMILES string of the molecule is C[C@@H](O)[C@@H]([NH2+]CCC(=O)c1ccccc1)C(=O)[O-]. The highest BCUT2D eigenvalue weighted by Gasteiger charge is 2.19. The first kappa shape index (κ1) is 14.3. The van der Waals surface area contributed by atoms with Gasteiger partial charge in [-0.3, -0.25) is 4.79 Å². The van der Waals surface area contributed by atoms with Gasteiger partial charge in [-0.1, -0.05) is 30.3 Å². The second-order valence-corrected chi connectivity index (χ2v) is 4.15. The number of aliphatic carboxylic acids is 1. The number of carbonyl (C=O) groups excluding carboxylic acids is 2. The Balaban J connectivity index is 2.42. The summed E-state index contributed by atoms with van der Waals surface area (Å²) in [7, 11) is 0. The molecule has 0 aromatic heterocycles. The van der Waals surface area contributed by atoms with E-state index in [4.69, 9.17) is 0 Å². The van der Waals surface area contributed by atoms with E-state index in [0.29, 0.717) is 12.1 Å². The molecule has 5 heteroatoms. The predicted molar refractivity (Wildman–Crippen MR) is 62.7 cm³/mol. The van der Waals surface area contributed by atoms with Gasteiger partial charge in [0, 0.05) is 5.56 Å². The zero-order chi connectivity index (χ0) is 13.5. The third-order valence-electron chi connectivity index (χ3n) is 2.68. The standard InChI is InChI=1S/C13H17NO4/c1-9(15)12(13(17)18)14-8-7-11(16)10-5-3-2-4-6-10/h2-6,9,12,14-15H,7-8H2,1H3,(H,17,18)/t9-,12-/m1/s1. The van der Waals surface area contributed by atoms with Crippen molar-refractivity contribution in [1.82, 2.24) is 0 Å². The number of benzene rings is 1. The fraction of sp³-hybridized carbons (Fsp3) is 0.385. The number of rotatable bonds is 7. The summed E-state index contributed by atoms with van der Waals surface area (Å²) in [6.45, 7) is 1.69. The van der Waals surface area contributed by atoms with E-state index in [9.17, 15) is 19.8 Å². The summed E-state index contributed by atoms with van der Waals surface area (Å²) < 4.78 is 0. The molecule has 0 spiro atoms. The summed E-state index contributed by atoms with van der Waals surface area (Å²) in [5.41, 5.74) is 0.605. The van der Waals surface area contributed by atoms with E-state index in [-0.39, 0.29) is 12.2 Å². The van der Waals surface area contributed by atoms with Gasteiger partial charge in [0.15, 0.2) is 11.8 Å². The number of carboxylic acids is 1. The minimum Gasteiger partial charge on any atom is -0.544 e. The van der Waals surface area contributed by atoms with Crippen LogP contribution in [0.4, 0.5) is 0 Å². The third kappa shape index (κ3) is 4.27. The highest BCUT2D eigenvalue weighted by Crippen LogP contribution is 2.01. The van der Waals surface area contributed by atoms with Gasteiger partial charge in [-0.15, -0.1) is 0 Å². The molecule has 0 unspecified atom stereocenters. The molecule has 0 aliphatic heterocycles. The normalized spacial score (nSPS) is 13.9. The van der Waals surface area contributed by atoms with E-state index >= 15 is 0 Å². The van der Waals surface area contributed by atoms with Crippen molar-refractivity contribution < 1.29 is 25.1 Å². The van der Waals surface area contributed by atoms with E-state index in [2.05, 4.69) is 0 Å². The molecule has 0 bridgehead atoms. The van der Waals surface area contributed by atoms with E-state index in [1.807, 2.05) is 6.07 Å². The monoisotopic (exact) mass is 251 g/mol. The average molecular weight is 251 g/mol. The quantitative estimate of drug-likeness (QED) is 0.566. The maximum Gasteiger partial charge on any atom is 0.168 e. The topological polar surface area (TPSA) is 94.0 Å². The fourth-order valence-corrected chi connectivity index (χ4v) is 1.65. The molecule has 1 aromatic carbocycles.